The number of sulfonamides is 1. The molecule has 1 fully saturated rings. The van der Waals surface area contributed by atoms with E-state index in [4.69, 9.17) is 4.74 Å². The van der Waals surface area contributed by atoms with Gasteiger partial charge in [0.25, 0.3) is 10.0 Å². The molecule has 2 amide bonds. The molecule has 172 valence electrons. The second-order valence-electron chi connectivity index (χ2n) is 7.54. The van der Waals surface area contributed by atoms with Crippen molar-refractivity contribution in [3.8, 4) is 22.8 Å². The lowest BCUT2D eigenvalue weighted by Gasteiger charge is -2.23. The molecule has 1 aromatic heterocycles. The molecule has 2 aromatic carbocycles. The normalized spacial score (nSPS) is 16.9. The number of carbonyl (C=O) groups excluding carboxylic acids is 2. The van der Waals surface area contributed by atoms with Gasteiger partial charge in [-0.15, -0.1) is 0 Å². The summed E-state index contributed by atoms with van der Waals surface area (Å²) in [5, 5.41) is 19.2. The Morgan fingerprint density at radius 2 is 1.91 bits per heavy atom. The smallest absolute Gasteiger partial charge is 0.266 e. The van der Waals surface area contributed by atoms with Crippen molar-refractivity contribution in [2.45, 2.75) is 11.3 Å². The number of carbonyl (C=O) groups is 2. The van der Waals surface area contributed by atoms with Gasteiger partial charge in [-0.25, -0.2) is 12.7 Å². The maximum absolute atomic E-state index is 13.3. The number of hydrogen-bond donors (Lipinski definition) is 3. The van der Waals surface area contributed by atoms with Crippen LogP contribution in [0.5, 0.6) is 11.5 Å². The van der Waals surface area contributed by atoms with Gasteiger partial charge in [-0.2, -0.15) is 5.10 Å². The monoisotopic (exact) mass is 470 g/mol. The van der Waals surface area contributed by atoms with Gasteiger partial charge < -0.3 is 15.2 Å². The van der Waals surface area contributed by atoms with Crippen LogP contribution in [-0.4, -0.2) is 60.0 Å². The summed E-state index contributed by atoms with van der Waals surface area (Å²) >= 11 is 0. The lowest BCUT2D eigenvalue weighted by atomic mass is 9.97. The van der Waals surface area contributed by atoms with Crippen LogP contribution in [0.25, 0.3) is 11.3 Å². The maximum Gasteiger partial charge on any atom is 0.266 e. The predicted molar refractivity (Wildman–Crippen MR) is 118 cm³/mol. The number of H-pyrrole nitrogens is 1. The highest BCUT2D eigenvalue weighted by atomic mass is 32.2. The quantitative estimate of drug-likeness (QED) is 0.493. The molecular formula is C22H22N4O6S. The third-order valence-electron chi connectivity index (χ3n) is 5.40. The first-order valence-electron chi connectivity index (χ1n) is 10.1. The SMILES string of the molecule is COc1ccc(O)cc1CC1CNC(=O)CN(S(=O)(=O)c2ccc(-c3cc[nH]n3)cc2)C1=O. The zero-order valence-corrected chi connectivity index (χ0v) is 18.5. The summed E-state index contributed by atoms with van der Waals surface area (Å²) in [4.78, 5) is 25.4. The predicted octanol–water partition coefficient (Wildman–Crippen LogP) is 1.30. The zero-order chi connectivity index (χ0) is 23.6. The van der Waals surface area contributed by atoms with E-state index in [1.807, 2.05) is 0 Å². The first-order chi connectivity index (χ1) is 15.8. The van der Waals surface area contributed by atoms with E-state index in [0.717, 1.165) is 0 Å². The van der Waals surface area contributed by atoms with Crippen LogP contribution in [0.3, 0.4) is 0 Å². The fraction of sp³-hybridized carbons (Fsp3) is 0.227. The summed E-state index contributed by atoms with van der Waals surface area (Å²) in [7, 11) is -2.83. The number of rotatable bonds is 6. The van der Waals surface area contributed by atoms with E-state index in [-0.39, 0.29) is 23.6 Å². The van der Waals surface area contributed by atoms with Crippen LogP contribution < -0.4 is 10.1 Å². The van der Waals surface area contributed by atoms with Crippen LogP contribution in [-0.2, 0) is 26.0 Å². The maximum atomic E-state index is 13.3. The van der Waals surface area contributed by atoms with Gasteiger partial charge in [0.05, 0.1) is 23.6 Å². The molecule has 1 aliphatic heterocycles. The van der Waals surface area contributed by atoms with E-state index >= 15 is 0 Å². The van der Waals surface area contributed by atoms with Gasteiger partial charge in [0.2, 0.25) is 11.8 Å². The molecule has 0 spiro atoms. The van der Waals surface area contributed by atoms with Crippen LogP contribution in [0.1, 0.15) is 5.56 Å². The minimum absolute atomic E-state index is 0.0163. The molecule has 3 aromatic rings. The number of aromatic nitrogens is 2. The first kappa shape index (κ1) is 22.3. The fourth-order valence-electron chi connectivity index (χ4n) is 3.69. The van der Waals surface area contributed by atoms with Crippen molar-refractivity contribution in [2.75, 3.05) is 20.2 Å². The Hall–Kier alpha value is -3.86. The molecule has 4 rings (SSSR count). The molecule has 1 atom stereocenters. The number of phenols is 1. The average Bonchev–Trinajstić information content (AvgIpc) is 3.30. The standard InChI is InChI=1S/C22H22N4O6S/c1-32-20-7-4-17(27)11-15(20)10-16-12-23-21(28)13-26(22(16)29)33(30,31)18-5-2-14(3-6-18)19-8-9-24-25-19/h2-9,11,16,27H,10,12-13H2,1H3,(H,23,28)(H,24,25). The van der Waals surface area contributed by atoms with E-state index in [0.29, 0.717) is 26.9 Å². The van der Waals surface area contributed by atoms with Gasteiger partial charge in [-0.3, -0.25) is 14.7 Å². The molecule has 3 N–H and O–H groups in total. The van der Waals surface area contributed by atoms with Crippen LogP contribution in [0.2, 0.25) is 0 Å². The summed E-state index contributed by atoms with van der Waals surface area (Å²) in [5.41, 5.74) is 1.86. The summed E-state index contributed by atoms with van der Waals surface area (Å²) in [5.74, 6) is -1.73. The molecule has 0 saturated carbocycles. The van der Waals surface area contributed by atoms with Crippen molar-refractivity contribution < 1.29 is 27.9 Å². The second-order valence-corrected chi connectivity index (χ2v) is 9.40. The van der Waals surface area contributed by atoms with Gasteiger partial charge in [0.1, 0.15) is 18.0 Å². The lowest BCUT2D eigenvalue weighted by Crippen LogP contribution is -2.42. The molecule has 1 saturated heterocycles. The number of methoxy groups -OCH3 is 1. The highest BCUT2D eigenvalue weighted by molar-refractivity contribution is 7.89. The molecule has 11 heteroatoms. The Kier molecular flexibility index (Phi) is 6.05. The molecule has 33 heavy (non-hydrogen) atoms. The van der Waals surface area contributed by atoms with Crippen molar-refractivity contribution in [1.82, 2.24) is 19.8 Å². The molecule has 1 aliphatic rings. The van der Waals surface area contributed by atoms with Crippen molar-refractivity contribution in [3.63, 3.8) is 0 Å². The number of ether oxygens (including phenoxy) is 1. The lowest BCUT2D eigenvalue weighted by molar-refractivity contribution is -0.131. The molecule has 0 aliphatic carbocycles. The van der Waals surface area contributed by atoms with Gasteiger partial charge in [0, 0.05) is 18.3 Å². The Morgan fingerprint density at radius 1 is 1.15 bits per heavy atom. The third kappa shape index (κ3) is 4.53. The number of nitrogens with zero attached hydrogens (tertiary/aromatic N) is 2. The summed E-state index contributed by atoms with van der Waals surface area (Å²) in [6.45, 7) is -0.656. The van der Waals surface area contributed by atoms with Crippen molar-refractivity contribution >= 4 is 21.8 Å². The summed E-state index contributed by atoms with van der Waals surface area (Å²) in [6, 6.07) is 12.1. The molecule has 10 nitrogen and oxygen atoms in total. The molecule has 0 radical (unpaired) electrons. The number of aromatic hydroxyl groups is 1. The first-order valence-corrected chi connectivity index (χ1v) is 11.5. The molecule has 1 unspecified atom stereocenters. The van der Waals surface area contributed by atoms with Crippen LogP contribution in [0.4, 0.5) is 0 Å². The topological polar surface area (TPSA) is 142 Å². The number of amides is 2. The van der Waals surface area contributed by atoms with Gasteiger partial charge in [-0.1, -0.05) is 12.1 Å². The van der Waals surface area contributed by atoms with E-state index in [9.17, 15) is 23.1 Å². The third-order valence-corrected chi connectivity index (χ3v) is 7.15. The number of hydrogen-bond acceptors (Lipinski definition) is 7. The zero-order valence-electron chi connectivity index (χ0n) is 17.7. The molecule has 2 heterocycles. The van der Waals surface area contributed by atoms with E-state index in [1.165, 1.54) is 31.4 Å². The van der Waals surface area contributed by atoms with E-state index in [2.05, 4.69) is 15.5 Å². The highest BCUT2D eigenvalue weighted by Gasteiger charge is 2.38. The Balaban J connectivity index is 1.63. The van der Waals surface area contributed by atoms with Gasteiger partial charge in [0.15, 0.2) is 0 Å². The van der Waals surface area contributed by atoms with Crippen LogP contribution in [0, 0.1) is 5.92 Å². The van der Waals surface area contributed by atoms with Crippen LogP contribution in [0.15, 0.2) is 59.6 Å². The molecule has 0 bridgehead atoms. The number of phenolic OH excluding ortho intramolecular Hbond substituents is 1. The van der Waals surface area contributed by atoms with E-state index in [1.54, 1.807) is 30.5 Å². The number of aromatic amines is 1. The molecular weight excluding hydrogens is 448 g/mol. The van der Waals surface area contributed by atoms with Gasteiger partial charge >= 0.3 is 0 Å². The summed E-state index contributed by atoms with van der Waals surface area (Å²) in [6.07, 6.45) is 1.72. The Labute approximate surface area is 190 Å². The number of nitrogens with one attached hydrogen (secondary N) is 2. The average molecular weight is 471 g/mol. The van der Waals surface area contributed by atoms with Crippen LogP contribution >= 0.6 is 0 Å². The van der Waals surface area contributed by atoms with Crippen molar-refractivity contribution in [2.24, 2.45) is 5.92 Å². The van der Waals surface area contributed by atoms with Gasteiger partial charge in [-0.05, 0) is 48.4 Å². The Bertz CT molecular complexity index is 1270. The second kappa shape index (κ2) is 8.94. The fourth-order valence-corrected chi connectivity index (χ4v) is 5.10. The minimum atomic E-state index is -4.29. The summed E-state index contributed by atoms with van der Waals surface area (Å²) < 4.78 is 32.5. The Morgan fingerprint density at radius 3 is 2.58 bits per heavy atom. The van der Waals surface area contributed by atoms with E-state index < -0.39 is 34.3 Å². The number of benzene rings is 2. The van der Waals surface area contributed by atoms with Crippen molar-refractivity contribution in [3.05, 3.63) is 60.3 Å². The minimum Gasteiger partial charge on any atom is -0.508 e. The van der Waals surface area contributed by atoms with Crippen molar-refractivity contribution in [1.29, 1.82) is 0 Å². The largest absolute Gasteiger partial charge is 0.508 e. The highest BCUT2D eigenvalue weighted by Crippen LogP contribution is 2.28.